The first kappa shape index (κ1) is 17.4. The van der Waals surface area contributed by atoms with E-state index in [4.69, 9.17) is 11.6 Å². The van der Waals surface area contributed by atoms with Crippen LogP contribution in [-0.4, -0.2) is 17.0 Å². The van der Waals surface area contributed by atoms with Crippen LogP contribution >= 0.6 is 0 Å². The summed E-state index contributed by atoms with van der Waals surface area (Å²) in [6, 6.07) is 13.9. The van der Waals surface area contributed by atoms with Crippen LogP contribution in [0.5, 0.6) is 0 Å². The van der Waals surface area contributed by atoms with Crippen molar-refractivity contribution in [1.29, 1.82) is 0 Å². The van der Waals surface area contributed by atoms with Gasteiger partial charge in [-0.05, 0) is 40.8 Å². The summed E-state index contributed by atoms with van der Waals surface area (Å²) in [6.07, 6.45) is 3.42. The van der Waals surface area contributed by atoms with E-state index in [2.05, 4.69) is 16.9 Å². The highest BCUT2D eigenvalue weighted by molar-refractivity contribution is 5.88. The van der Waals surface area contributed by atoms with Crippen molar-refractivity contribution in [3.05, 3.63) is 84.5 Å². The van der Waals surface area contributed by atoms with Crippen LogP contribution in [0.25, 0.3) is 22.2 Å². The van der Waals surface area contributed by atoms with Crippen molar-refractivity contribution < 1.29 is 4.39 Å². The second kappa shape index (κ2) is 7.25. The molecule has 2 aromatic carbocycles. The topological polar surface area (TPSA) is 80.2 Å². The van der Waals surface area contributed by atoms with Crippen molar-refractivity contribution in [2.24, 2.45) is 11.6 Å². The lowest BCUT2D eigenvalue weighted by molar-refractivity contribution is 0.486. The largest absolute Gasteiger partial charge is 0.397 e. The maximum absolute atomic E-state index is 13.0. The standard InChI is InChI=1S/C20H20FN5/c1-13(14-5-7-18(21)8-6-14)25-20-10-17-9-15(19(22)12-26(2)23)3-4-16(17)11-24-20/h3-12H,1,22-23H2,2H3,(H,24,25)/b19-12-. The van der Waals surface area contributed by atoms with Gasteiger partial charge in [0, 0.05) is 30.5 Å². The number of nitrogens with zero attached hydrogens (tertiary/aromatic N) is 2. The molecule has 132 valence electrons. The third kappa shape index (κ3) is 3.99. The van der Waals surface area contributed by atoms with Gasteiger partial charge in [0.15, 0.2) is 0 Å². The van der Waals surface area contributed by atoms with Crippen molar-refractivity contribution in [2.45, 2.75) is 0 Å². The van der Waals surface area contributed by atoms with Gasteiger partial charge in [-0.3, -0.25) is 0 Å². The quantitative estimate of drug-likeness (QED) is 0.485. The minimum absolute atomic E-state index is 0.285. The number of anilines is 1. The maximum Gasteiger partial charge on any atom is 0.130 e. The number of rotatable bonds is 5. The molecule has 0 radical (unpaired) electrons. The monoisotopic (exact) mass is 349 g/mol. The first-order valence-electron chi connectivity index (χ1n) is 7.99. The van der Waals surface area contributed by atoms with Gasteiger partial charge < -0.3 is 16.1 Å². The van der Waals surface area contributed by atoms with E-state index in [0.29, 0.717) is 17.2 Å². The van der Waals surface area contributed by atoms with Gasteiger partial charge in [-0.1, -0.05) is 30.8 Å². The molecule has 1 heterocycles. The van der Waals surface area contributed by atoms with Crippen molar-refractivity contribution in [3.63, 3.8) is 0 Å². The molecule has 26 heavy (non-hydrogen) atoms. The average Bonchev–Trinajstić information content (AvgIpc) is 2.61. The molecule has 3 aromatic rings. The highest BCUT2D eigenvalue weighted by Crippen LogP contribution is 2.23. The number of hydrogen-bond donors (Lipinski definition) is 3. The fourth-order valence-corrected chi connectivity index (χ4v) is 2.56. The highest BCUT2D eigenvalue weighted by Gasteiger charge is 2.05. The van der Waals surface area contributed by atoms with Gasteiger partial charge in [-0.15, -0.1) is 0 Å². The van der Waals surface area contributed by atoms with E-state index in [0.717, 1.165) is 21.9 Å². The molecule has 5 nitrogen and oxygen atoms in total. The van der Waals surface area contributed by atoms with Gasteiger partial charge in [0.1, 0.15) is 11.6 Å². The number of hydrazine groups is 1. The number of pyridine rings is 1. The molecule has 6 heteroatoms. The molecule has 0 aliphatic carbocycles. The Hall–Kier alpha value is -3.38. The zero-order valence-electron chi connectivity index (χ0n) is 14.4. The maximum atomic E-state index is 13.0. The van der Waals surface area contributed by atoms with Gasteiger partial charge in [-0.25, -0.2) is 15.2 Å². The third-order valence-electron chi connectivity index (χ3n) is 3.87. The summed E-state index contributed by atoms with van der Waals surface area (Å²) >= 11 is 0. The van der Waals surface area contributed by atoms with Crippen LogP contribution < -0.4 is 16.9 Å². The minimum Gasteiger partial charge on any atom is -0.397 e. The summed E-state index contributed by atoms with van der Waals surface area (Å²) in [6.45, 7) is 3.99. The van der Waals surface area contributed by atoms with E-state index in [1.165, 1.54) is 17.1 Å². The first-order valence-corrected chi connectivity index (χ1v) is 7.99. The van der Waals surface area contributed by atoms with Crippen LogP contribution in [-0.2, 0) is 0 Å². The molecule has 0 atom stereocenters. The number of halogens is 1. The average molecular weight is 349 g/mol. The Morgan fingerprint density at radius 3 is 2.50 bits per heavy atom. The van der Waals surface area contributed by atoms with Crippen molar-refractivity contribution >= 4 is 28.0 Å². The number of hydrogen-bond acceptors (Lipinski definition) is 5. The van der Waals surface area contributed by atoms with E-state index < -0.39 is 0 Å². The molecule has 0 amide bonds. The van der Waals surface area contributed by atoms with Crippen LogP contribution in [0.15, 0.2) is 67.5 Å². The van der Waals surface area contributed by atoms with Gasteiger partial charge in [0.05, 0.1) is 5.70 Å². The fraction of sp³-hybridized carbons (Fsp3) is 0.0500. The third-order valence-corrected chi connectivity index (χ3v) is 3.87. The predicted octanol–water partition coefficient (Wildman–Crippen LogP) is 3.52. The molecule has 1 aromatic heterocycles. The molecule has 5 N–H and O–H groups in total. The smallest absolute Gasteiger partial charge is 0.130 e. The molecule has 0 unspecified atom stereocenters. The number of fused-ring (bicyclic) bond motifs is 1. The second-order valence-corrected chi connectivity index (χ2v) is 5.99. The summed E-state index contributed by atoms with van der Waals surface area (Å²) in [5.41, 5.74) is 8.92. The second-order valence-electron chi connectivity index (χ2n) is 5.99. The fourth-order valence-electron chi connectivity index (χ4n) is 2.56. The van der Waals surface area contributed by atoms with Crippen molar-refractivity contribution in [2.75, 3.05) is 12.4 Å². The zero-order chi connectivity index (χ0) is 18.7. The Morgan fingerprint density at radius 2 is 1.81 bits per heavy atom. The van der Waals surface area contributed by atoms with Crippen LogP contribution in [0.1, 0.15) is 11.1 Å². The molecule has 3 rings (SSSR count). The molecule has 0 bridgehead atoms. The normalized spacial score (nSPS) is 11.4. The number of nitrogens with two attached hydrogens (primary N) is 2. The molecule has 0 saturated heterocycles. The lowest BCUT2D eigenvalue weighted by Crippen LogP contribution is -2.20. The Labute approximate surface area is 151 Å². The van der Waals surface area contributed by atoms with Crippen LogP contribution in [0.2, 0.25) is 0 Å². The summed E-state index contributed by atoms with van der Waals surface area (Å²) in [4.78, 5) is 4.39. The molecular formula is C20H20FN5. The van der Waals surface area contributed by atoms with E-state index in [1.807, 2.05) is 24.3 Å². The number of nitrogens with one attached hydrogen (secondary N) is 1. The number of benzene rings is 2. The molecule has 0 aliphatic heterocycles. The lowest BCUT2D eigenvalue weighted by Gasteiger charge is -2.11. The van der Waals surface area contributed by atoms with Crippen LogP contribution in [0.3, 0.4) is 0 Å². The van der Waals surface area contributed by atoms with Crippen molar-refractivity contribution in [3.8, 4) is 0 Å². The lowest BCUT2D eigenvalue weighted by atomic mass is 10.1. The summed E-state index contributed by atoms with van der Waals surface area (Å²) in [5.74, 6) is 5.97. The van der Waals surface area contributed by atoms with Crippen molar-refractivity contribution in [1.82, 2.24) is 9.99 Å². The minimum atomic E-state index is -0.285. The highest BCUT2D eigenvalue weighted by atomic mass is 19.1. The van der Waals surface area contributed by atoms with Gasteiger partial charge >= 0.3 is 0 Å². The zero-order valence-corrected chi connectivity index (χ0v) is 14.4. The summed E-state index contributed by atoms with van der Waals surface area (Å²) < 4.78 is 13.0. The Balaban J connectivity index is 1.87. The first-order chi connectivity index (χ1) is 12.4. The van der Waals surface area contributed by atoms with Gasteiger partial charge in [-0.2, -0.15) is 0 Å². The molecule has 0 fully saturated rings. The molecule has 0 aliphatic rings. The van der Waals surface area contributed by atoms with Gasteiger partial charge in [0.2, 0.25) is 0 Å². The Kier molecular flexibility index (Phi) is 4.86. The summed E-state index contributed by atoms with van der Waals surface area (Å²) in [5, 5.41) is 6.52. The van der Waals surface area contributed by atoms with Crippen LogP contribution in [0.4, 0.5) is 10.2 Å². The van der Waals surface area contributed by atoms with E-state index >= 15 is 0 Å². The SMILES string of the molecule is C=C(Nc1cc2cc(/C(N)=C/N(C)N)ccc2cn1)c1ccc(F)cc1. The van der Waals surface area contributed by atoms with E-state index in [1.54, 1.807) is 31.6 Å². The Morgan fingerprint density at radius 1 is 1.12 bits per heavy atom. The van der Waals surface area contributed by atoms with Gasteiger partial charge in [0.25, 0.3) is 0 Å². The van der Waals surface area contributed by atoms with E-state index in [-0.39, 0.29) is 5.82 Å². The molecule has 0 spiro atoms. The van der Waals surface area contributed by atoms with E-state index in [9.17, 15) is 4.39 Å². The predicted molar refractivity (Wildman–Crippen MR) is 105 cm³/mol. The van der Waals surface area contributed by atoms with Crippen LogP contribution in [0, 0.1) is 5.82 Å². The molecular weight excluding hydrogens is 329 g/mol. The number of aromatic nitrogens is 1. The summed E-state index contributed by atoms with van der Waals surface area (Å²) in [7, 11) is 1.71. The molecule has 0 saturated carbocycles. The Bertz CT molecular complexity index is 977.